The summed E-state index contributed by atoms with van der Waals surface area (Å²) in [7, 11) is 0. The molecule has 0 unspecified atom stereocenters. The summed E-state index contributed by atoms with van der Waals surface area (Å²) in [6.07, 6.45) is -0.0649. The highest BCUT2D eigenvalue weighted by molar-refractivity contribution is 6.30. The summed E-state index contributed by atoms with van der Waals surface area (Å²) in [6.45, 7) is 3.16. The van der Waals surface area contributed by atoms with E-state index in [0.29, 0.717) is 53.9 Å². The summed E-state index contributed by atoms with van der Waals surface area (Å²) in [5.74, 6) is -0.410. The molecule has 5 aromatic rings. The van der Waals surface area contributed by atoms with Crippen molar-refractivity contribution in [2.75, 3.05) is 19.7 Å². The van der Waals surface area contributed by atoms with Gasteiger partial charge in [-0.3, -0.25) is 4.90 Å². The maximum atomic E-state index is 15.3. The standard InChI is InChI=1S/C31H29ClF4N8O2/c32-19-3-1-18(2-4-19)13-26-37-9-5-28(39-26)46-20-6-10-43(11-7-20)17-27-38-24-14-22(29-40-30(42-41-29)31(34,35)36)23(33)15-25(24)44(27)16-21-8-12-45-21/h1-5,9,14-15,20-21H,6-8,10-13,16-17H2,(H,40,41,42)/t21-/m0/s1. The highest BCUT2D eigenvalue weighted by atomic mass is 35.5. The quantitative estimate of drug-likeness (QED) is 0.197. The number of ether oxygens (including phenoxy) is 2. The number of fused-ring (bicyclic) bond motifs is 1. The number of piperidine rings is 1. The molecule has 2 fully saturated rings. The van der Waals surface area contributed by atoms with Gasteiger partial charge in [0, 0.05) is 49.5 Å². The first-order valence-corrected chi connectivity index (χ1v) is 15.3. The van der Waals surface area contributed by atoms with Crippen LogP contribution < -0.4 is 4.74 Å². The van der Waals surface area contributed by atoms with E-state index in [-0.39, 0.29) is 23.6 Å². The van der Waals surface area contributed by atoms with Gasteiger partial charge in [0.05, 0.1) is 35.8 Å². The predicted molar refractivity (Wildman–Crippen MR) is 160 cm³/mol. The van der Waals surface area contributed by atoms with Crippen LogP contribution in [0.15, 0.2) is 48.7 Å². The number of nitrogens with one attached hydrogen (secondary N) is 1. The highest BCUT2D eigenvalue weighted by Gasteiger charge is 2.36. The smallest absolute Gasteiger partial charge is 0.451 e. The lowest BCUT2D eigenvalue weighted by Crippen LogP contribution is -2.39. The first-order valence-electron chi connectivity index (χ1n) is 14.9. The van der Waals surface area contributed by atoms with E-state index in [1.807, 2.05) is 28.8 Å². The maximum Gasteiger partial charge on any atom is 0.451 e. The molecule has 2 saturated heterocycles. The lowest BCUT2D eigenvalue weighted by molar-refractivity contribution is -0.144. The molecule has 3 aromatic heterocycles. The zero-order valence-electron chi connectivity index (χ0n) is 24.5. The molecule has 15 heteroatoms. The summed E-state index contributed by atoms with van der Waals surface area (Å²) in [4.78, 5) is 18.1. The van der Waals surface area contributed by atoms with Crippen LogP contribution >= 0.6 is 11.6 Å². The molecular formula is C31H29ClF4N8O2. The maximum absolute atomic E-state index is 15.3. The second kappa shape index (κ2) is 12.6. The van der Waals surface area contributed by atoms with Gasteiger partial charge in [-0.15, -0.1) is 10.2 Å². The first-order chi connectivity index (χ1) is 22.2. The monoisotopic (exact) mass is 656 g/mol. The van der Waals surface area contributed by atoms with E-state index < -0.39 is 17.8 Å². The summed E-state index contributed by atoms with van der Waals surface area (Å²) in [5.41, 5.74) is 1.91. The van der Waals surface area contributed by atoms with Gasteiger partial charge in [-0.2, -0.15) is 18.2 Å². The average Bonchev–Trinajstić information content (AvgIpc) is 3.62. The number of halogens is 5. The molecule has 1 N–H and O–H groups in total. The van der Waals surface area contributed by atoms with Gasteiger partial charge in [0.15, 0.2) is 5.82 Å². The van der Waals surface area contributed by atoms with Crippen LogP contribution in [-0.2, 0) is 30.4 Å². The van der Waals surface area contributed by atoms with Crippen molar-refractivity contribution in [1.29, 1.82) is 0 Å². The first kappa shape index (κ1) is 30.5. The van der Waals surface area contributed by atoms with E-state index in [9.17, 15) is 13.2 Å². The number of H-pyrrole nitrogens is 1. The zero-order valence-corrected chi connectivity index (χ0v) is 25.2. The number of alkyl halides is 3. The Hall–Kier alpha value is -4.14. The highest BCUT2D eigenvalue weighted by Crippen LogP contribution is 2.31. The van der Waals surface area contributed by atoms with E-state index in [2.05, 4.69) is 30.0 Å². The van der Waals surface area contributed by atoms with Gasteiger partial charge in [-0.1, -0.05) is 23.7 Å². The Morgan fingerprint density at radius 1 is 1.02 bits per heavy atom. The number of imidazole rings is 1. The minimum atomic E-state index is -4.72. The largest absolute Gasteiger partial charge is 0.474 e. The SMILES string of the molecule is Fc1cc2c(cc1-c1nnc(C(F)(F)F)[nH]1)nc(CN1CCC(Oc3ccnc(Cc4ccc(Cl)cc4)n3)CC1)n2C[C@@H]1CCO1. The normalized spacial score (nSPS) is 17.8. The van der Waals surface area contributed by atoms with E-state index >= 15 is 4.39 Å². The van der Waals surface area contributed by atoms with Crippen molar-refractivity contribution >= 4 is 22.6 Å². The van der Waals surface area contributed by atoms with Crippen LogP contribution in [0.2, 0.25) is 5.02 Å². The fourth-order valence-corrected chi connectivity index (χ4v) is 5.84. The molecule has 0 saturated carbocycles. The molecule has 2 aliphatic rings. The van der Waals surface area contributed by atoms with Crippen LogP contribution in [0.5, 0.6) is 5.88 Å². The Labute approximate surface area is 265 Å². The lowest BCUT2D eigenvalue weighted by atomic mass is 10.1. The molecule has 10 nitrogen and oxygen atoms in total. The number of benzene rings is 2. The second-order valence-corrected chi connectivity index (χ2v) is 11.9. The van der Waals surface area contributed by atoms with Crippen LogP contribution in [0, 0.1) is 5.82 Å². The number of aromatic nitrogens is 7. The zero-order chi connectivity index (χ0) is 31.8. The van der Waals surface area contributed by atoms with Gasteiger partial charge in [-0.05, 0) is 43.0 Å². The van der Waals surface area contributed by atoms with E-state index in [1.54, 1.807) is 12.3 Å². The summed E-state index contributed by atoms with van der Waals surface area (Å²) < 4.78 is 68.3. The van der Waals surface area contributed by atoms with Gasteiger partial charge in [0.1, 0.15) is 23.6 Å². The van der Waals surface area contributed by atoms with Crippen molar-refractivity contribution in [2.45, 2.75) is 57.2 Å². The number of hydrogen-bond donors (Lipinski definition) is 1. The van der Waals surface area contributed by atoms with Crippen LogP contribution in [-0.4, -0.2) is 71.5 Å². The van der Waals surface area contributed by atoms with Crippen molar-refractivity contribution in [3.05, 3.63) is 82.5 Å². The van der Waals surface area contributed by atoms with Gasteiger partial charge in [0.2, 0.25) is 11.7 Å². The van der Waals surface area contributed by atoms with Gasteiger partial charge < -0.3 is 19.0 Å². The third-order valence-electron chi connectivity index (χ3n) is 8.25. The molecule has 0 spiro atoms. The van der Waals surface area contributed by atoms with Crippen LogP contribution in [0.4, 0.5) is 17.6 Å². The fraction of sp³-hybridized carbons (Fsp3) is 0.387. The molecule has 2 aromatic carbocycles. The number of aromatic amines is 1. The van der Waals surface area contributed by atoms with Crippen LogP contribution in [0.3, 0.4) is 0 Å². The molecule has 0 aliphatic carbocycles. The molecular weight excluding hydrogens is 628 g/mol. The molecule has 7 rings (SSSR count). The number of rotatable bonds is 9. The molecule has 0 radical (unpaired) electrons. The van der Waals surface area contributed by atoms with Crippen molar-refractivity contribution < 1.29 is 27.0 Å². The Bertz CT molecular complexity index is 1830. The number of nitrogens with zero attached hydrogens (tertiary/aromatic N) is 7. The van der Waals surface area contributed by atoms with E-state index in [0.717, 1.165) is 43.7 Å². The fourth-order valence-electron chi connectivity index (χ4n) is 5.72. The Morgan fingerprint density at radius 3 is 2.50 bits per heavy atom. The van der Waals surface area contributed by atoms with Gasteiger partial charge >= 0.3 is 6.18 Å². The molecule has 240 valence electrons. The minimum Gasteiger partial charge on any atom is -0.474 e. The third kappa shape index (κ3) is 6.69. The molecule has 1 atom stereocenters. The van der Waals surface area contributed by atoms with Gasteiger partial charge in [-0.25, -0.2) is 14.4 Å². The number of likely N-dealkylation sites (tertiary alicyclic amines) is 1. The topological polar surface area (TPSA) is 107 Å². The van der Waals surface area contributed by atoms with Crippen LogP contribution in [0.25, 0.3) is 22.4 Å². The minimum absolute atomic E-state index is 0.0147. The van der Waals surface area contributed by atoms with E-state index in [1.165, 1.54) is 12.1 Å². The third-order valence-corrected chi connectivity index (χ3v) is 8.50. The predicted octanol–water partition coefficient (Wildman–Crippen LogP) is 5.85. The lowest BCUT2D eigenvalue weighted by Gasteiger charge is -2.32. The van der Waals surface area contributed by atoms with Crippen molar-refractivity contribution in [3.8, 4) is 17.3 Å². The average molecular weight is 657 g/mol. The van der Waals surface area contributed by atoms with Crippen LogP contribution in [0.1, 0.15) is 42.3 Å². The second-order valence-electron chi connectivity index (χ2n) is 11.5. The Balaban J connectivity index is 1.04. The van der Waals surface area contributed by atoms with Crippen molar-refractivity contribution in [2.24, 2.45) is 0 Å². The van der Waals surface area contributed by atoms with Crippen molar-refractivity contribution in [3.63, 3.8) is 0 Å². The van der Waals surface area contributed by atoms with E-state index in [4.69, 9.17) is 26.1 Å². The molecule has 2 aliphatic heterocycles. The Kier molecular flexibility index (Phi) is 8.34. The van der Waals surface area contributed by atoms with Crippen molar-refractivity contribution in [1.82, 2.24) is 39.6 Å². The summed E-state index contributed by atoms with van der Waals surface area (Å²) in [5, 5.41) is 7.33. The summed E-state index contributed by atoms with van der Waals surface area (Å²) in [6, 6.07) is 12.0. The molecule has 5 heterocycles. The molecule has 0 bridgehead atoms. The molecule has 0 amide bonds. The summed E-state index contributed by atoms with van der Waals surface area (Å²) >= 11 is 5.99. The molecule has 46 heavy (non-hydrogen) atoms. The Morgan fingerprint density at radius 2 is 1.80 bits per heavy atom. The number of hydrogen-bond acceptors (Lipinski definition) is 8. The van der Waals surface area contributed by atoms with Gasteiger partial charge in [0.25, 0.3) is 0 Å².